The van der Waals surface area contributed by atoms with Gasteiger partial charge in [0.15, 0.2) is 11.5 Å². The molecule has 6 nitrogen and oxygen atoms in total. The van der Waals surface area contributed by atoms with Gasteiger partial charge in [0.25, 0.3) is 5.91 Å². The Labute approximate surface area is 166 Å². The van der Waals surface area contributed by atoms with Crippen molar-refractivity contribution in [1.82, 2.24) is 10.2 Å². The van der Waals surface area contributed by atoms with Crippen LogP contribution in [0.2, 0.25) is 0 Å². The first-order valence-corrected chi connectivity index (χ1v) is 10.1. The van der Waals surface area contributed by atoms with Crippen molar-refractivity contribution in [2.75, 3.05) is 26.7 Å². The molecule has 2 amide bonds. The summed E-state index contributed by atoms with van der Waals surface area (Å²) in [5.74, 6) is 1.18. The Morgan fingerprint density at radius 1 is 1.18 bits per heavy atom. The van der Waals surface area contributed by atoms with E-state index in [0.717, 1.165) is 25.7 Å². The molecule has 0 aromatic heterocycles. The number of hydrogen-bond acceptors (Lipinski definition) is 4. The van der Waals surface area contributed by atoms with E-state index >= 15 is 0 Å². The third kappa shape index (κ3) is 5.27. The van der Waals surface area contributed by atoms with Gasteiger partial charge in [-0.3, -0.25) is 9.59 Å². The number of allylic oxidation sites excluding steroid dienone is 1. The second kappa shape index (κ2) is 9.62. The second-order valence-corrected chi connectivity index (χ2v) is 7.48. The third-order valence-corrected chi connectivity index (χ3v) is 5.47. The van der Waals surface area contributed by atoms with Crippen molar-refractivity contribution in [2.24, 2.45) is 0 Å². The van der Waals surface area contributed by atoms with E-state index in [1.807, 2.05) is 4.90 Å². The van der Waals surface area contributed by atoms with Gasteiger partial charge in [0.05, 0.1) is 7.11 Å². The smallest absolute Gasteiger partial charge is 0.251 e. The number of hydrogen-bond donors (Lipinski definition) is 1. The fourth-order valence-electron chi connectivity index (χ4n) is 3.74. The van der Waals surface area contributed by atoms with Crippen molar-refractivity contribution in [1.29, 1.82) is 0 Å². The molecule has 0 unspecified atom stereocenters. The number of carbonyl (C=O) groups excluding carboxylic acids is 2. The topological polar surface area (TPSA) is 67.9 Å². The van der Waals surface area contributed by atoms with Gasteiger partial charge in [-0.25, -0.2) is 0 Å². The summed E-state index contributed by atoms with van der Waals surface area (Å²) >= 11 is 0. The fourth-order valence-corrected chi connectivity index (χ4v) is 3.74. The van der Waals surface area contributed by atoms with Crippen LogP contribution in [0.5, 0.6) is 11.5 Å². The van der Waals surface area contributed by atoms with Gasteiger partial charge in [0.1, 0.15) is 6.10 Å². The highest BCUT2D eigenvalue weighted by Gasteiger charge is 2.23. The highest BCUT2D eigenvalue weighted by molar-refractivity contribution is 5.95. The molecular weight excluding hydrogens is 356 g/mol. The Morgan fingerprint density at radius 2 is 1.96 bits per heavy atom. The number of nitrogens with zero attached hydrogens (tertiary/aromatic N) is 1. The highest BCUT2D eigenvalue weighted by Crippen LogP contribution is 2.31. The van der Waals surface area contributed by atoms with Crippen LogP contribution in [0.15, 0.2) is 29.8 Å². The lowest BCUT2D eigenvalue weighted by Crippen LogP contribution is -2.40. The Morgan fingerprint density at radius 3 is 2.61 bits per heavy atom. The lowest BCUT2D eigenvalue weighted by Gasteiger charge is -2.31. The maximum absolute atomic E-state index is 12.6. The molecule has 1 aliphatic heterocycles. The molecule has 2 aliphatic rings. The number of rotatable bonds is 6. The van der Waals surface area contributed by atoms with E-state index in [1.54, 1.807) is 32.2 Å². The van der Waals surface area contributed by atoms with Crippen LogP contribution in [-0.2, 0) is 4.79 Å². The molecule has 1 N–H and O–H groups in total. The van der Waals surface area contributed by atoms with Gasteiger partial charge in [0, 0.05) is 45.0 Å². The molecule has 1 heterocycles. The Hall–Kier alpha value is -2.50. The zero-order chi connectivity index (χ0) is 19.9. The van der Waals surface area contributed by atoms with Crippen LogP contribution >= 0.6 is 0 Å². The first-order chi connectivity index (χ1) is 13.6. The van der Waals surface area contributed by atoms with Crippen LogP contribution in [-0.4, -0.2) is 49.6 Å². The van der Waals surface area contributed by atoms with Crippen molar-refractivity contribution in [3.63, 3.8) is 0 Å². The number of nitrogens with one attached hydrogen (secondary N) is 1. The first kappa shape index (κ1) is 20.2. The van der Waals surface area contributed by atoms with E-state index in [1.165, 1.54) is 18.4 Å². The van der Waals surface area contributed by atoms with Gasteiger partial charge in [0.2, 0.25) is 5.91 Å². The molecule has 0 bridgehead atoms. The third-order valence-electron chi connectivity index (χ3n) is 5.47. The summed E-state index contributed by atoms with van der Waals surface area (Å²) in [6, 6.07) is 5.28. The number of amides is 2. The molecular formula is C22H30N2O4. The average molecular weight is 386 g/mol. The Bertz CT molecular complexity index is 736. The Balaban J connectivity index is 1.62. The highest BCUT2D eigenvalue weighted by atomic mass is 16.5. The molecule has 1 fully saturated rings. The van der Waals surface area contributed by atoms with Crippen molar-refractivity contribution < 1.29 is 19.1 Å². The quantitative estimate of drug-likeness (QED) is 0.762. The first-order valence-electron chi connectivity index (χ1n) is 10.1. The van der Waals surface area contributed by atoms with E-state index in [-0.39, 0.29) is 17.9 Å². The van der Waals surface area contributed by atoms with E-state index in [9.17, 15) is 9.59 Å². The lowest BCUT2D eigenvalue weighted by atomic mass is 9.99. The largest absolute Gasteiger partial charge is 0.493 e. The van der Waals surface area contributed by atoms with Gasteiger partial charge in [-0.1, -0.05) is 11.6 Å². The van der Waals surface area contributed by atoms with Gasteiger partial charge in [-0.15, -0.1) is 0 Å². The van der Waals surface area contributed by atoms with Crippen molar-refractivity contribution in [3.8, 4) is 11.5 Å². The minimum Gasteiger partial charge on any atom is -0.493 e. The number of benzene rings is 1. The van der Waals surface area contributed by atoms with Gasteiger partial charge in [-0.2, -0.15) is 0 Å². The van der Waals surface area contributed by atoms with Crippen molar-refractivity contribution in [2.45, 2.75) is 51.6 Å². The predicted octanol–water partition coefficient (Wildman–Crippen LogP) is 3.32. The molecule has 28 heavy (non-hydrogen) atoms. The van der Waals surface area contributed by atoms with Gasteiger partial charge in [-0.05, 0) is 43.9 Å². The molecule has 0 atom stereocenters. The summed E-state index contributed by atoms with van der Waals surface area (Å²) in [6.07, 6.45) is 8.40. The molecule has 0 radical (unpaired) electrons. The molecule has 0 spiro atoms. The minimum absolute atomic E-state index is 0.00945. The number of carbonyl (C=O) groups is 2. The standard InChI is InChI=1S/C22H30N2O4/c1-16(25)24-12-10-19(11-13-24)28-21-14-18(8-9-20(21)27-2)22(26)23-15-17-6-4-3-5-7-17/h6,8-9,14,19H,3-5,7,10-13,15H2,1-2H3,(H,23,26). The second-order valence-electron chi connectivity index (χ2n) is 7.48. The van der Waals surface area contributed by atoms with Gasteiger partial charge >= 0.3 is 0 Å². The molecule has 6 heteroatoms. The number of ether oxygens (including phenoxy) is 2. The molecule has 1 aliphatic carbocycles. The van der Waals surface area contributed by atoms with Crippen molar-refractivity contribution in [3.05, 3.63) is 35.4 Å². The molecule has 1 aromatic carbocycles. The Kier molecular flexibility index (Phi) is 6.95. The summed E-state index contributed by atoms with van der Waals surface area (Å²) in [6.45, 7) is 3.58. The maximum Gasteiger partial charge on any atom is 0.251 e. The van der Waals surface area contributed by atoms with Gasteiger partial charge < -0.3 is 19.7 Å². The van der Waals surface area contributed by atoms with Crippen LogP contribution in [0.3, 0.4) is 0 Å². The average Bonchev–Trinajstić information content (AvgIpc) is 2.73. The predicted molar refractivity (Wildman–Crippen MR) is 108 cm³/mol. The van der Waals surface area contributed by atoms with Crippen LogP contribution in [0.25, 0.3) is 0 Å². The van der Waals surface area contributed by atoms with Crippen LogP contribution < -0.4 is 14.8 Å². The monoisotopic (exact) mass is 386 g/mol. The summed E-state index contributed by atoms with van der Waals surface area (Å²) in [5, 5.41) is 3.01. The van der Waals surface area contributed by atoms with Crippen LogP contribution in [0, 0.1) is 0 Å². The SMILES string of the molecule is COc1ccc(C(=O)NCC2=CCCCC2)cc1OC1CCN(C(C)=O)CC1. The van der Waals surface area contributed by atoms with Crippen LogP contribution in [0.1, 0.15) is 55.8 Å². The summed E-state index contributed by atoms with van der Waals surface area (Å²) in [4.78, 5) is 25.9. The summed E-state index contributed by atoms with van der Waals surface area (Å²) < 4.78 is 11.5. The van der Waals surface area contributed by atoms with Crippen LogP contribution in [0.4, 0.5) is 0 Å². The normalized spacial score (nSPS) is 17.6. The number of likely N-dealkylation sites (tertiary alicyclic amines) is 1. The van der Waals surface area contributed by atoms with E-state index in [4.69, 9.17) is 9.47 Å². The molecule has 152 valence electrons. The molecule has 3 rings (SSSR count). The zero-order valence-electron chi connectivity index (χ0n) is 16.8. The maximum atomic E-state index is 12.6. The lowest BCUT2D eigenvalue weighted by molar-refractivity contribution is -0.130. The number of piperidine rings is 1. The van der Waals surface area contributed by atoms with E-state index in [0.29, 0.717) is 36.7 Å². The summed E-state index contributed by atoms with van der Waals surface area (Å²) in [7, 11) is 1.59. The molecule has 1 saturated heterocycles. The fraction of sp³-hybridized carbons (Fsp3) is 0.545. The van der Waals surface area contributed by atoms with E-state index in [2.05, 4.69) is 11.4 Å². The zero-order valence-corrected chi connectivity index (χ0v) is 16.8. The minimum atomic E-state index is -0.106. The summed E-state index contributed by atoms with van der Waals surface area (Å²) in [5.41, 5.74) is 1.87. The van der Waals surface area contributed by atoms with Crippen molar-refractivity contribution >= 4 is 11.8 Å². The molecule has 1 aromatic rings. The number of methoxy groups -OCH3 is 1. The molecule has 0 saturated carbocycles. The van der Waals surface area contributed by atoms with E-state index < -0.39 is 0 Å².